The number of fused-ring (bicyclic) bond motifs is 1. The second kappa shape index (κ2) is 7.07. The number of piperazine rings is 1. The molecule has 0 unspecified atom stereocenters. The van der Waals surface area contributed by atoms with E-state index in [2.05, 4.69) is 27.9 Å². The largest absolute Gasteiger partial charge is 0.354 e. The van der Waals surface area contributed by atoms with E-state index in [-0.39, 0.29) is 5.91 Å². The van der Waals surface area contributed by atoms with Gasteiger partial charge in [-0.3, -0.25) is 4.79 Å². The first-order valence-electron chi connectivity index (χ1n) is 9.02. The fourth-order valence-corrected chi connectivity index (χ4v) is 4.36. The summed E-state index contributed by atoms with van der Waals surface area (Å²) in [5.74, 6) is 1.20. The predicted octanol–water partition coefficient (Wildman–Crippen LogP) is 2.48. The van der Waals surface area contributed by atoms with Crippen molar-refractivity contribution in [3.63, 3.8) is 0 Å². The van der Waals surface area contributed by atoms with Gasteiger partial charge < -0.3 is 14.4 Å². The van der Waals surface area contributed by atoms with Gasteiger partial charge in [0.1, 0.15) is 17.0 Å². The van der Waals surface area contributed by atoms with Gasteiger partial charge in [0, 0.05) is 50.0 Å². The summed E-state index contributed by atoms with van der Waals surface area (Å²) in [4.78, 5) is 28.2. The monoisotopic (exact) mass is 369 g/mol. The summed E-state index contributed by atoms with van der Waals surface area (Å²) in [6.45, 7) is 5.25. The van der Waals surface area contributed by atoms with Gasteiger partial charge in [0.15, 0.2) is 0 Å². The molecule has 4 rings (SSSR count). The number of carbonyl (C=O) groups is 1. The van der Waals surface area contributed by atoms with Crippen LogP contribution in [0.25, 0.3) is 10.2 Å². The number of rotatable bonds is 4. The molecule has 3 aromatic heterocycles. The van der Waals surface area contributed by atoms with Crippen LogP contribution in [0.5, 0.6) is 0 Å². The summed E-state index contributed by atoms with van der Waals surface area (Å²) in [7, 11) is 1.98. The van der Waals surface area contributed by atoms with E-state index in [0.29, 0.717) is 6.42 Å². The van der Waals surface area contributed by atoms with Crippen molar-refractivity contribution in [3.8, 4) is 0 Å². The number of nitrogens with zero attached hydrogens (tertiary/aromatic N) is 5. The van der Waals surface area contributed by atoms with Crippen LogP contribution in [0, 0.1) is 0 Å². The molecule has 0 atom stereocenters. The number of aryl methyl sites for hydroxylation is 2. The number of aromatic nitrogens is 3. The molecule has 0 N–H and O–H groups in total. The number of carbonyl (C=O) groups excluding carboxylic acids is 1. The Balaban J connectivity index is 1.44. The molecule has 1 saturated heterocycles. The third kappa shape index (κ3) is 3.19. The van der Waals surface area contributed by atoms with Crippen molar-refractivity contribution in [2.24, 2.45) is 7.05 Å². The minimum atomic E-state index is 0.197. The highest BCUT2D eigenvalue weighted by atomic mass is 32.1. The molecule has 0 radical (unpaired) electrons. The molecule has 1 amide bonds. The molecular formula is C19H23N5OS. The maximum absolute atomic E-state index is 12.6. The number of hydrogen-bond donors (Lipinski definition) is 0. The number of anilines is 1. The molecule has 1 aliphatic heterocycles. The van der Waals surface area contributed by atoms with E-state index in [0.717, 1.165) is 54.3 Å². The van der Waals surface area contributed by atoms with Gasteiger partial charge in [-0.1, -0.05) is 6.92 Å². The lowest BCUT2D eigenvalue weighted by atomic mass is 10.2. The van der Waals surface area contributed by atoms with Crippen LogP contribution in [0.3, 0.4) is 0 Å². The van der Waals surface area contributed by atoms with Crippen molar-refractivity contribution >= 4 is 33.3 Å². The van der Waals surface area contributed by atoms with Gasteiger partial charge in [0.2, 0.25) is 5.91 Å². The standard InChI is InChI=1S/C19H23N5OS/c1-3-15-12-16-18(20-13-21-19(16)26-15)24-9-7-23(8-10-24)17(25)11-14-5-4-6-22(14)2/h4-6,12-13H,3,7-11H2,1-2H3. The second-order valence-corrected chi connectivity index (χ2v) is 7.75. The van der Waals surface area contributed by atoms with Gasteiger partial charge >= 0.3 is 0 Å². The first-order chi connectivity index (χ1) is 12.7. The van der Waals surface area contributed by atoms with Gasteiger partial charge in [-0.2, -0.15) is 0 Å². The van der Waals surface area contributed by atoms with Crippen LogP contribution >= 0.6 is 11.3 Å². The molecular weight excluding hydrogens is 346 g/mol. The molecule has 0 bridgehead atoms. The van der Waals surface area contributed by atoms with Crippen LogP contribution in [0.1, 0.15) is 17.5 Å². The maximum atomic E-state index is 12.6. The highest BCUT2D eigenvalue weighted by molar-refractivity contribution is 7.18. The van der Waals surface area contributed by atoms with E-state index < -0.39 is 0 Å². The minimum absolute atomic E-state index is 0.197. The van der Waals surface area contributed by atoms with Crippen molar-refractivity contribution in [1.29, 1.82) is 0 Å². The van der Waals surface area contributed by atoms with Gasteiger partial charge in [-0.15, -0.1) is 11.3 Å². The van der Waals surface area contributed by atoms with Crippen LogP contribution in [0.15, 0.2) is 30.7 Å². The number of amides is 1. The average molecular weight is 369 g/mol. The van der Waals surface area contributed by atoms with Crippen molar-refractivity contribution in [1.82, 2.24) is 19.4 Å². The van der Waals surface area contributed by atoms with Crippen LogP contribution in [0.4, 0.5) is 5.82 Å². The van der Waals surface area contributed by atoms with Crippen LogP contribution in [0.2, 0.25) is 0 Å². The highest BCUT2D eigenvalue weighted by Gasteiger charge is 2.24. The zero-order valence-corrected chi connectivity index (χ0v) is 16.0. The van der Waals surface area contributed by atoms with Gasteiger partial charge in [0.05, 0.1) is 11.8 Å². The Morgan fingerprint density at radius 1 is 1.23 bits per heavy atom. The van der Waals surface area contributed by atoms with Crippen LogP contribution in [-0.2, 0) is 24.7 Å². The summed E-state index contributed by atoms with van der Waals surface area (Å²) < 4.78 is 2.01. The molecule has 0 aromatic carbocycles. The first-order valence-corrected chi connectivity index (χ1v) is 9.83. The fourth-order valence-electron chi connectivity index (χ4n) is 3.43. The highest BCUT2D eigenvalue weighted by Crippen LogP contribution is 2.30. The van der Waals surface area contributed by atoms with E-state index in [9.17, 15) is 4.79 Å². The maximum Gasteiger partial charge on any atom is 0.228 e. The zero-order chi connectivity index (χ0) is 18.1. The normalized spacial score (nSPS) is 15.0. The molecule has 0 saturated carbocycles. The number of thiophene rings is 1. The SMILES string of the molecule is CCc1cc2c(N3CCN(C(=O)Cc4cccn4C)CC3)ncnc2s1. The van der Waals surface area contributed by atoms with E-state index in [1.807, 2.05) is 34.8 Å². The molecule has 26 heavy (non-hydrogen) atoms. The lowest BCUT2D eigenvalue weighted by Crippen LogP contribution is -2.49. The quantitative estimate of drug-likeness (QED) is 0.709. The molecule has 4 heterocycles. The summed E-state index contributed by atoms with van der Waals surface area (Å²) in [6, 6.07) is 6.20. The van der Waals surface area contributed by atoms with Crippen LogP contribution in [-0.4, -0.2) is 51.5 Å². The van der Waals surface area contributed by atoms with Crippen molar-refractivity contribution < 1.29 is 4.79 Å². The van der Waals surface area contributed by atoms with Crippen molar-refractivity contribution in [2.75, 3.05) is 31.1 Å². The molecule has 0 spiro atoms. The molecule has 136 valence electrons. The van der Waals surface area contributed by atoms with Gasteiger partial charge in [-0.25, -0.2) is 9.97 Å². The summed E-state index contributed by atoms with van der Waals surface area (Å²) >= 11 is 1.74. The van der Waals surface area contributed by atoms with E-state index in [1.54, 1.807) is 17.7 Å². The van der Waals surface area contributed by atoms with Gasteiger partial charge in [-0.05, 0) is 24.6 Å². The van der Waals surface area contributed by atoms with E-state index in [4.69, 9.17) is 0 Å². The Labute approximate surface area is 157 Å². The Morgan fingerprint density at radius 3 is 2.73 bits per heavy atom. The molecule has 7 heteroatoms. The predicted molar refractivity (Wildman–Crippen MR) is 105 cm³/mol. The van der Waals surface area contributed by atoms with E-state index >= 15 is 0 Å². The first kappa shape index (κ1) is 17.0. The Hall–Kier alpha value is -2.41. The molecule has 1 aliphatic rings. The lowest BCUT2D eigenvalue weighted by molar-refractivity contribution is -0.130. The summed E-state index contributed by atoms with van der Waals surface area (Å²) in [6.07, 6.45) is 5.11. The van der Waals surface area contributed by atoms with Crippen molar-refractivity contribution in [3.05, 3.63) is 41.3 Å². The topological polar surface area (TPSA) is 54.3 Å². The fraction of sp³-hybridized carbons (Fsp3) is 0.421. The molecule has 6 nitrogen and oxygen atoms in total. The Morgan fingerprint density at radius 2 is 2.04 bits per heavy atom. The summed E-state index contributed by atoms with van der Waals surface area (Å²) in [5, 5.41) is 1.14. The third-order valence-electron chi connectivity index (χ3n) is 5.02. The van der Waals surface area contributed by atoms with Gasteiger partial charge in [0.25, 0.3) is 0 Å². The lowest BCUT2D eigenvalue weighted by Gasteiger charge is -2.35. The minimum Gasteiger partial charge on any atom is -0.354 e. The summed E-state index contributed by atoms with van der Waals surface area (Å²) in [5.41, 5.74) is 1.06. The zero-order valence-electron chi connectivity index (χ0n) is 15.2. The molecule has 3 aromatic rings. The smallest absolute Gasteiger partial charge is 0.228 e. The average Bonchev–Trinajstić information content (AvgIpc) is 3.27. The number of hydrogen-bond acceptors (Lipinski definition) is 5. The third-order valence-corrected chi connectivity index (χ3v) is 6.21. The van der Waals surface area contributed by atoms with E-state index in [1.165, 1.54) is 4.88 Å². The Kier molecular flexibility index (Phi) is 4.63. The molecule has 0 aliphatic carbocycles. The van der Waals surface area contributed by atoms with Crippen molar-refractivity contribution in [2.45, 2.75) is 19.8 Å². The Bertz CT molecular complexity index is 923. The second-order valence-electron chi connectivity index (χ2n) is 6.64. The van der Waals surface area contributed by atoms with Crippen LogP contribution < -0.4 is 4.90 Å². The molecule has 1 fully saturated rings.